The van der Waals surface area contributed by atoms with Crippen molar-refractivity contribution < 1.29 is 9.84 Å². The van der Waals surface area contributed by atoms with Gasteiger partial charge in [-0.25, -0.2) is 0 Å². The average molecular weight is 282 g/mol. The molecule has 0 heterocycles. The molecular formula is C14H22N2O2S. The lowest BCUT2D eigenvalue weighted by molar-refractivity contribution is 0.225. The minimum atomic E-state index is 0.222. The summed E-state index contributed by atoms with van der Waals surface area (Å²) in [5.41, 5.74) is 7.56. The maximum Gasteiger partial charge on any atom is 0.129 e. The first-order valence-electron chi connectivity index (χ1n) is 6.42. The Bertz CT molecular complexity index is 424. The van der Waals surface area contributed by atoms with E-state index in [4.69, 9.17) is 27.8 Å². The lowest BCUT2D eigenvalue weighted by atomic mass is 10.1. The number of aliphatic hydroxyl groups is 1. The van der Waals surface area contributed by atoms with Crippen molar-refractivity contribution in [2.24, 2.45) is 5.73 Å². The zero-order chi connectivity index (χ0) is 14.3. The summed E-state index contributed by atoms with van der Waals surface area (Å²) >= 11 is 4.99. The summed E-state index contributed by atoms with van der Waals surface area (Å²) in [6.07, 6.45) is 0.788. The van der Waals surface area contributed by atoms with Crippen LogP contribution in [-0.4, -0.2) is 41.8 Å². The summed E-state index contributed by atoms with van der Waals surface area (Å²) in [6.45, 7) is 4.98. The van der Waals surface area contributed by atoms with E-state index >= 15 is 0 Å². The van der Waals surface area contributed by atoms with Gasteiger partial charge in [-0.2, -0.15) is 0 Å². The highest BCUT2D eigenvalue weighted by molar-refractivity contribution is 7.80. The van der Waals surface area contributed by atoms with E-state index in [0.717, 1.165) is 37.2 Å². The summed E-state index contributed by atoms with van der Waals surface area (Å²) in [4.78, 5) is 2.61. The molecule has 0 bridgehead atoms. The lowest BCUT2D eigenvalue weighted by Crippen LogP contribution is -2.24. The summed E-state index contributed by atoms with van der Waals surface area (Å²) in [5.74, 6) is 0.711. The van der Waals surface area contributed by atoms with Gasteiger partial charge in [0, 0.05) is 19.7 Å². The van der Waals surface area contributed by atoms with E-state index in [2.05, 4.69) is 11.8 Å². The Balaban J connectivity index is 2.81. The van der Waals surface area contributed by atoms with Gasteiger partial charge in [0.25, 0.3) is 0 Å². The van der Waals surface area contributed by atoms with Gasteiger partial charge in [0.15, 0.2) is 0 Å². The number of rotatable bonds is 8. The largest absolute Gasteiger partial charge is 0.496 e. The van der Waals surface area contributed by atoms with Gasteiger partial charge in [-0.3, -0.25) is 4.90 Å². The van der Waals surface area contributed by atoms with E-state index < -0.39 is 0 Å². The Hall–Kier alpha value is -1.17. The number of aliphatic hydroxyl groups excluding tert-OH is 1. The van der Waals surface area contributed by atoms with Crippen LogP contribution in [0, 0.1) is 0 Å². The third kappa shape index (κ3) is 4.78. The molecule has 3 N–H and O–H groups in total. The second-order valence-electron chi connectivity index (χ2n) is 4.34. The molecule has 0 radical (unpaired) electrons. The highest BCUT2D eigenvalue weighted by Gasteiger charge is 2.09. The second kappa shape index (κ2) is 8.09. The first-order valence-corrected chi connectivity index (χ1v) is 6.83. The predicted octanol–water partition coefficient (Wildman–Crippen LogP) is 1.53. The van der Waals surface area contributed by atoms with Crippen molar-refractivity contribution in [1.29, 1.82) is 0 Å². The Morgan fingerprint density at radius 2 is 2.21 bits per heavy atom. The van der Waals surface area contributed by atoms with Crippen LogP contribution >= 0.6 is 12.2 Å². The number of methoxy groups -OCH3 is 1. The molecule has 0 atom stereocenters. The molecule has 106 valence electrons. The Kier molecular flexibility index (Phi) is 6.77. The third-order valence-electron chi connectivity index (χ3n) is 3.02. The van der Waals surface area contributed by atoms with Crippen molar-refractivity contribution in [2.45, 2.75) is 19.9 Å². The molecule has 0 aliphatic heterocycles. The lowest BCUT2D eigenvalue weighted by Gasteiger charge is -2.20. The second-order valence-corrected chi connectivity index (χ2v) is 4.78. The molecule has 5 heteroatoms. The number of hydrogen-bond donors (Lipinski definition) is 2. The highest BCUT2D eigenvalue weighted by atomic mass is 32.1. The van der Waals surface area contributed by atoms with Crippen LogP contribution in [-0.2, 0) is 6.54 Å². The molecule has 1 rings (SSSR count). The molecule has 4 nitrogen and oxygen atoms in total. The van der Waals surface area contributed by atoms with E-state index in [1.54, 1.807) is 7.11 Å². The standard InChI is InChI=1S/C14H22N2O2S/c1-3-16(7-4-8-17)10-11-5-6-12(14(15)19)13(9-11)18-2/h5-6,9,17H,3-4,7-8,10H2,1-2H3,(H2,15,19). The normalized spacial score (nSPS) is 10.7. The van der Waals surface area contributed by atoms with Gasteiger partial charge in [-0.05, 0) is 30.7 Å². The fourth-order valence-electron chi connectivity index (χ4n) is 1.94. The number of nitrogens with two attached hydrogens (primary N) is 1. The minimum Gasteiger partial charge on any atom is -0.496 e. The first-order chi connectivity index (χ1) is 9.12. The van der Waals surface area contributed by atoms with Gasteiger partial charge < -0.3 is 15.6 Å². The van der Waals surface area contributed by atoms with E-state index in [-0.39, 0.29) is 6.61 Å². The van der Waals surface area contributed by atoms with E-state index in [0.29, 0.717) is 10.7 Å². The zero-order valence-electron chi connectivity index (χ0n) is 11.6. The summed E-state index contributed by atoms with van der Waals surface area (Å²) < 4.78 is 5.32. The van der Waals surface area contributed by atoms with Gasteiger partial charge in [0.1, 0.15) is 10.7 Å². The molecule has 19 heavy (non-hydrogen) atoms. The molecule has 1 aromatic carbocycles. The number of benzene rings is 1. The highest BCUT2D eigenvalue weighted by Crippen LogP contribution is 2.21. The SMILES string of the molecule is CCN(CCCO)Cc1ccc(C(N)=S)c(OC)c1. The van der Waals surface area contributed by atoms with Crippen molar-refractivity contribution in [3.8, 4) is 5.75 Å². The maximum absolute atomic E-state index is 8.88. The van der Waals surface area contributed by atoms with Crippen LogP contribution in [0.1, 0.15) is 24.5 Å². The molecule has 0 aromatic heterocycles. The van der Waals surface area contributed by atoms with E-state index in [1.165, 1.54) is 0 Å². The summed E-state index contributed by atoms with van der Waals surface area (Å²) in [7, 11) is 1.62. The molecule has 0 unspecified atom stereocenters. The van der Waals surface area contributed by atoms with Gasteiger partial charge in [0.05, 0.1) is 12.7 Å². The quantitative estimate of drug-likeness (QED) is 0.708. The Labute approximate surface area is 120 Å². The monoisotopic (exact) mass is 282 g/mol. The Morgan fingerprint density at radius 1 is 1.47 bits per heavy atom. The van der Waals surface area contributed by atoms with Crippen molar-refractivity contribution >= 4 is 17.2 Å². The molecule has 0 amide bonds. The van der Waals surface area contributed by atoms with Gasteiger partial charge in [-0.15, -0.1) is 0 Å². The molecule has 0 spiro atoms. The van der Waals surface area contributed by atoms with Crippen LogP contribution < -0.4 is 10.5 Å². The number of ether oxygens (including phenoxy) is 1. The molecule has 1 aromatic rings. The average Bonchev–Trinajstić information content (AvgIpc) is 2.42. The van der Waals surface area contributed by atoms with Crippen LogP contribution in [0.25, 0.3) is 0 Å². The fourth-order valence-corrected chi connectivity index (χ4v) is 2.11. The topological polar surface area (TPSA) is 58.7 Å². The zero-order valence-corrected chi connectivity index (χ0v) is 12.4. The van der Waals surface area contributed by atoms with Gasteiger partial charge >= 0.3 is 0 Å². The summed E-state index contributed by atoms with van der Waals surface area (Å²) in [6, 6.07) is 5.88. The third-order valence-corrected chi connectivity index (χ3v) is 3.24. The van der Waals surface area contributed by atoms with Crippen LogP contribution in [0.3, 0.4) is 0 Å². The predicted molar refractivity (Wildman–Crippen MR) is 81.5 cm³/mol. The first kappa shape index (κ1) is 15.9. The fraction of sp³-hybridized carbons (Fsp3) is 0.500. The van der Waals surface area contributed by atoms with E-state index in [1.807, 2.05) is 18.2 Å². The van der Waals surface area contributed by atoms with E-state index in [9.17, 15) is 0 Å². The van der Waals surface area contributed by atoms with Gasteiger partial charge in [0.2, 0.25) is 0 Å². The van der Waals surface area contributed by atoms with Crippen LogP contribution in [0.15, 0.2) is 18.2 Å². The smallest absolute Gasteiger partial charge is 0.129 e. The number of hydrogen-bond acceptors (Lipinski definition) is 4. The molecule has 0 aliphatic rings. The molecule has 0 fully saturated rings. The van der Waals surface area contributed by atoms with Crippen molar-refractivity contribution in [3.05, 3.63) is 29.3 Å². The maximum atomic E-state index is 8.88. The van der Waals surface area contributed by atoms with Crippen LogP contribution in [0.5, 0.6) is 5.75 Å². The van der Waals surface area contributed by atoms with Crippen molar-refractivity contribution in [2.75, 3.05) is 26.8 Å². The molecular weight excluding hydrogens is 260 g/mol. The van der Waals surface area contributed by atoms with Crippen LogP contribution in [0.4, 0.5) is 0 Å². The molecule has 0 saturated heterocycles. The summed E-state index contributed by atoms with van der Waals surface area (Å²) in [5, 5.41) is 8.88. The molecule has 0 saturated carbocycles. The van der Waals surface area contributed by atoms with Crippen LogP contribution in [0.2, 0.25) is 0 Å². The molecule has 0 aliphatic carbocycles. The number of thiocarbonyl (C=S) groups is 1. The van der Waals surface area contributed by atoms with Gasteiger partial charge in [-0.1, -0.05) is 25.2 Å². The number of nitrogens with zero attached hydrogens (tertiary/aromatic N) is 1. The van der Waals surface area contributed by atoms with Crippen molar-refractivity contribution in [3.63, 3.8) is 0 Å². The minimum absolute atomic E-state index is 0.222. The van der Waals surface area contributed by atoms with Crippen molar-refractivity contribution in [1.82, 2.24) is 4.90 Å². The Morgan fingerprint density at radius 3 is 2.74 bits per heavy atom.